The fourth-order valence-corrected chi connectivity index (χ4v) is 1.56. The van der Waals surface area contributed by atoms with Crippen molar-refractivity contribution in [2.75, 3.05) is 0 Å². The second-order valence-electron chi connectivity index (χ2n) is 3.66. The van der Waals surface area contributed by atoms with Gasteiger partial charge in [-0.15, -0.1) is 0 Å². The minimum absolute atomic E-state index is 0.661. The SMILES string of the molecule is Cc1ccnc(-c2ccc(C#N)cc2C)n1. The van der Waals surface area contributed by atoms with Gasteiger partial charge in [0.15, 0.2) is 5.82 Å². The molecular formula is C13H11N3. The van der Waals surface area contributed by atoms with Crippen molar-refractivity contribution >= 4 is 0 Å². The second kappa shape index (κ2) is 4.11. The summed E-state index contributed by atoms with van der Waals surface area (Å²) in [6.45, 7) is 3.89. The highest BCUT2D eigenvalue weighted by atomic mass is 14.9. The van der Waals surface area contributed by atoms with Crippen molar-refractivity contribution in [1.29, 1.82) is 5.26 Å². The first-order valence-corrected chi connectivity index (χ1v) is 5.01. The lowest BCUT2D eigenvalue weighted by Crippen LogP contribution is -1.93. The van der Waals surface area contributed by atoms with Gasteiger partial charge in [0.05, 0.1) is 11.6 Å². The third-order valence-corrected chi connectivity index (χ3v) is 2.39. The van der Waals surface area contributed by atoms with Gasteiger partial charge in [0.25, 0.3) is 0 Å². The maximum absolute atomic E-state index is 8.79. The van der Waals surface area contributed by atoms with Crippen LogP contribution in [-0.4, -0.2) is 9.97 Å². The third-order valence-electron chi connectivity index (χ3n) is 2.39. The van der Waals surface area contributed by atoms with Crippen LogP contribution in [0.25, 0.3) is 11.4 Å². The van der Waals surface area contributed by atoms with E-state index in [1.165, 1.54) is 0 Å². The fourth-order valence-electron chi connectivity index (χ4n) is 1.56. The molecule has 0 unspecified atom stereocenters. The van der Waals surface area contributed by atoms with Crippen LogP contribution >= 0.6 is 0 Å². The molecule has 0 fully saturated rings. The molecule has 3 heteroatoms. The van der Waals surface area contributed by atoms with Gasteiger partial charge in [-0.2, -0.15) is 5.26 Å². The molecule has 0 N–H and O–H groups in total. The Bertz CT molecular complexity index is 568. The molecule has 0 amide bonds. The smallest absolute Gasteiger partial charge is 0.159 e. The van der Waals surface area contributed by atoms with Gasteiger partial charge in [-0.3, -0.25) is 0 Å². The van der Waals surface area contributed by atoms with Crippen LogP contribution in [0.15, 0.2) is 30.5 Å². The van der Waals surface area contributed by atoms with Crippen molar-refractivity contribution in [1.82, 2.24) is 9.97 Å². The van der Waals surface area contributed by atoms with Crippen molar-refractivity contribution in [3.8, 4) is 17.5 Å². The van der Waals surface area contributed by atoms with E-state index in [4.69, 9.17) is 5.26 Å². The molecule has 0 radical (unpaired) electrons. The maximum atomic E-state index is 8.79. The van der Waals surface area contributed by atoms with Crippen molar-refractivity contribution in [3.63, 3.8) is 0 Å². The Morgan fingerprint density at radius 2 is 2.00 bits per heavy atom. The van der Waals surface area contributed by atoms with Gasteiger partial charge in [-0.25, -0.2) is 9.97 Å². The number of rotatable bonds is 1. The van der Waals surface area contributed by atoms with Gasteiger partial charge in [-0.1, -0.05) is 0 Å². The minimum Gasteiger partial charge on any atom is -0.237 e. The quantitative estimate of drug-likeness (QED) is 0.725. The molecule has 1 heterocycles. The largest absolute Gasteiger partial charge is 0.237 e. The van der Waals surface area contributed by atoms with Crippen LogP contribution in [0.5, 0.6) is 0 Å². The lowest BCUT2D eigenvalue weighted by molar-refractivity contribution is 1.11. The highest BCUT2D eigenvalue weighted by molar-refractivity contribution is 5.61. The number of nitriles is 1. The Balaban J connectivity index is 2.53. The zero-order chi connectivity index (χ0) is 11.5. The lowest BCUT2D eigenvalue weighted by atomic mass is 10.1. The van der Waals surface area contributed by atoms with Gasteiger partial charge in [0, 0.05) is 17.5 Å². The van der Waals surface area contributed by atoms with E-state index < -0.39 is 0 Å². The van der Waals surface area contributed by atoms with E-state index in [1.54, 1.807) is 12.3 Å². The van der Waals surface area contributed by atoms with Crippen LogP contribution in [0, 0.1) is 25.2 Å². The topological polar surface area (TPSA) is 49.6 Å². The molecule has 2 aromatic rings. The molecule has 0 bridgehead atoms. The monoisotopic (exact) mass is 209 g/mol. The molecule has 0 atom stereocenters. The van der Waals surface area contributed by atoms with E-state index in [1.807, 2.05) is 32.0 Å². The van der Waals surface area contributed by atoms with Crippen LogP contribution in [0.4, 0.5) is 0 Å². The van der Waals surface area contributed by atoms with E-state index in [0.29, 0.717) is 11.4 Å². The zero-order valence-corrected chi connectivity index (χ0v) is 9.23. The van der Waals surface area contributed by atoms with Crippen LogP contribution in [0.1, 0.15) is 16.8 Å². The Labute approximate surface area is 94.4 Å². The second-order valence-corrected chi connectivity index (χ2v) is 3.66. The summed E-state index contributed by atoms with van der Waals surface area (Å²) in [4.78, 5) is 8.60. The summed E-state index contributed by atoms with van der Waals surface area (Å²) in [5, 5.41) is 8.79. The van der Waals surface area contributed by atoms with Crippen molar-refractivity contribution in [2.24, 2.45) is 0 Å². The van der Waals surface area contributed by atoms with E-state index in [2.05, 4.69) is 16.0 Å². The summed E-state index contributed by atoms with van der Waals surface area (Å²) < 4.78 is 0. The number of nitrogens with zero attached hydrogens (tertiary/aromatic N) is 3. The van der Waals surface area contributed by atoms with Crippen molar-refractivity contribution in [2.45, 2.75) is 13.8 Å². The number of hydrogen-bond donors (Lipinski definition) is 0. The van der Waals surface area contributed by atoms with Gasteiger partial charge in [0.1, 0.15) is 0 Å². The van der Waals surface area contributed by atoms with Crippen LogP contribution in [0.2, 0.25) is 0 Å². The van der Waals surface area contributed by atoms with Gasteiger partial charge in [0.2, 0.25) is 0 Å². The Hall–Kier alpha value is -2.21. The molecule has 0 aliphatic heterocycles. The van der Waals surface area contributed by atoms with Crippen LogP contribution < -0.4 is 0 Å². The number of aryl methyl sites for hydroxylation is 2. The number of benzene rings is 1. The average molecular weight is 209 g/mol. The predicted molar refractivity (Wildman–Crippen MR) is 61.7 cm³/mol. The molecule has 0 saturated heterocycles. The molecule has 78 valence electrons. The Morgan fingerprint density at radius 3 is 2.62 bits per heavy atom. The highest BCUT2D eigenvalue weighted by Gasteiger charge is 2.05. The Morgan fingerprint density at radius 1 is 1.19 bits per heavy atom. The lowest BCUT2D eigenvalue weighted by Gasteiger charge is -2.04. The number of hydrogen-bond acceptors (Lipinski definition) is 3. The molecule has 1 aromatic carbocycles. The summed E-state index contributed by atoms with van der Waals surface area (Å²) in [7, 11) is 0. The standard InChI is InChI=1S/C13H11N3/c1-9-7-11(8-14)3-4-12(9)13-15-6-5-10(2)16-13/h3-7H,1-2H3. The molecule has 0 saturated carbocycles. The predicted octanol–water partition coefficient (Wildman–Crippen LogP) is 2.63. The van der Waals surface area contributed by atoms with E-state index >= 15 is 0 Å². The highest BCUT2D eigenvalue weighted by Crippen LogP contribution is 2.20. The molecule has 0 spiro atoms. The van der Waals surface area contributed by atoms with E-state index in [-0.39, 0.29) is 0 Å². The summed E-state index contributed by atoms with van der Waals surface area (Å²) >= 11 is 0. The maximum Gasteiger partial charge on any atom is 0.159 e. The van der Waals surface area contributed by atoms with E-state index in [0.717, 1.165) is 16.8 Å². The molecule has 2 rings (SSSR count). The molecule has 16 heavy (non-hydrogen) atoms. The first-order valence-electron chi connectivity index (χ1n) is 5.01. The van der Waals surface area contributed by atoms with Crippen LogP contribution in [-0.2, 0) is 0 Å². The van der Waals surface area contributed by atoms with Gasteiger partial charge in [-0.05, 0) is 43.7 Å². The normalized spacial score (nSPS) is 9.81. The number of aromatic nitrogens is 2. The van der Waals surface area contributed by atoms with Crippen LogP contribution in [0.3, 0.4) is 0 Å². The summed E-state index contributed by atoms with van der Waals surface area (Å²) in [6.07, 6.45) is 1.75. The average Bonchev–Trinajstić information content (AvgIpc) is 2.28. The fraction of sp³-hybridized carbons (Fsp3) is 0.154. The molecule has 0 aliphatic carbocycles. The first kappa shape index (κ1) is 10.3. The molecular weight excluding hydrogens is 198 g/mol. The summed E-state index contributed by atoms with van der Waals surface area (Å²) in [5.41, 5.74) is 3.59. The molecule has 3 nitrogen and oxygen atoms in total. The molecule has 0 aliphatic rings. The first-order chi connectivity index (χ1) is 7.70. The van der Waals surface area contributed by atoms with Crippen molar-refractivity contribution < 1.29 is 0 Å². The van der Waals surface area contributed by atoms with Gasteiger partial charge >= 0.3 is 0 Å². The summed E-state index contributed by atoms with van der Waals surface area (Å²) in [5.74, 6) is 0.710. The minimum atomic E-state index is 0.661. The van der Waals surface area contributed by atoms with Gasteiger partial charge < -0.3 is 0 Å². The Kier molecular flexibility index (Phi) is 2.65. The van der Waals surface area contributed by atoms with Crippen molar-refractivity contribution in [3.05, 3.63) is 47.3 Å². The third kappa shape index (κ3) is 1.91. The van der Waals surface area contributed by atoms with E-state index in [9.17, 15) is 0 Å². The molecule has 1 aromatic heterocycles. The summed E-state index contributed by atoms with van der Waals surface area (Å²) in [6, 6.07) is 9.51. The zero-order valence-electron chi connectivity index (χ0n) is 9.23.